The van der Waals surface area contributed by atoms with Gasteiger partial charge in [-0.3, -0.25) is 4.90 Å². The lowest BCUT2D eigenvalue weighted by Gasteiger charge is -2.45. The van der Waals surface area contributed by atoms with Crippen LogP contribution in [0.3, 0.4) is 0 Å². The van der Waals surface area contributed by atoms with Gasteiger partial charge in [-0.15, -0.1) is 0 Å². The molecule has 2 nitrogen and oxygen atoms in total. The highest BCUT2D eigenvalue weighted by Gasteiger charge is 2.33. The van der Waals surface area contributed by atoms with Gasteiger partial charge in [0.2, 0.25) is 0 Å². The number of rotatable bonds is 7. The summed E-state index contributed by atoms with van der Waals surface area (Å²) >= 11 is 0. The third-order valence-corrected chi connectivity index (χ3v) is 5.13. The minimum absolute atomic E-state index is 0.727. The van der Waals surface area contributed by atoms with Crippen molar-refractivity contribution in [3.05, 3.63) is 0 Å². The Labute approximate surface area is 120 Å². The molecule has 2 rings (SSSR count). The molecule has 0 radical (unpaired) electrons. The van der Waals surface area contributed by atoms with Gasteiger partial charge in [0.25, 0.3) is 0 Å². The number of hydrogen-bond donors (Lipinski definition) is 1. The number of hydrogen-bond acceptors (Lipinski definition) is 2. The first kappa shape index (κ1) is 15.3. The highest BCUT2D eigenvalue weighted by Crippen LogP contribution is 2.35. The SMILES string of the molecule is CCCNC(CCC)CN1CCC[C@H]2CCCC[C@H]21. The summed E-state index contributed by atoms with van der Waals surface area (Å²) in [4.78, 5) is 2.84. The van der Waals surface area contributed by atoms with Gasteiger partial charge >= 0.3 is 0 Å². The van der Waals surface area contributed by atoms with E-state index in [1.165, 1.54) is 77.4 Å². The van der Waals surface area contributed by atoms with Gasteiger partial charge in [-0.25, -0.2) is 0 Å². The average Bonchev–Trinajstić information content (AvgIpc) is 2.45. The van der Waals surface area contributed by atoms with Crippen LogP contribution in [0.2, 0.25) is 0 Å². The largest absolute Gasteiger partial charge is 0.313 e. The number of likely N-dealkylation sites (tertiary alicyclic amines) is 1. The maximum Gasteiger partial charge on any atom is 0.0195 e. The van der Waals surface area contributed by atoms with Crippen molar-refractivity contribution in [3.63, 3.8) is 0 Å². The van der Waals surface area contributed by atoms with Crippen LogP contribution in [-0.4, -0.2) is 36.6 Å². The normalized spacial score (nSPS) is 30.0. The molecule has 0 bridgehead atoms. The number of nitrogens with zero attached hydrogens (tertiary/aromatic N) is 1. The van der Waals surface area contributed by atoms with Crippen molar-refractivity contribution in [3.8, 4) is 0 Å². The van der Waals surface area contributed by atoms with Crippen molar-refractivity contribution in [2.24, 2.45) is 5.92 Å². The van der Waals surface area contributed by atoms with Gasteiger partial charge in [0.05, 0.1) is 0 Å². The Morgan fingerprint density at radius 3 is 2.63 bits per heavy atom. The van der Waals surface area contributed by atoms with Crippen LogP contribution < -0.4 is 5.32 Å². The van der Waals surface area contributed by atoms with E-state index in [2.05, 4.69) is 24.1 Å². The molecule has 0 aromatic carbocycles. The van der Waals surface area contributed by atoms with Crippen molar-refractivity contribution in [2.45, 2.75) is 83.7 Å². The van der Waals surface area contributed by atoms with Gasteiger partial charge in [-0.05, 0) is 57.5 Å². The molecular formula is C17H34N2. The zero-order chi connectivity index (χ0) is 13.5. The zero-order valence-corrected chi connectivity index (χ0v) is 13.2. The van der Waals surface area contributed by atoms with Crippen molar-refractivity contribution in [1.82, 2.24) is 10.2 Å². The summed E-state index contributed by atoms with van der Waals surface area (Å²) < 4.78 is 0. The van der Waals surface area contributed by atoms with Crippen molar-refractivity contribution < 1.29 is 0 Å². The Kier molecular flexibility index (Phi) is 6.66. The van der Waals surface area contributed by atoms with Crippen LogP contribution in [0, 0.1) is 5.92 Å². The van der Waals surface area contributed by atoms with Gasteiger partial charge in [0, 0.05) is 18.6 Å². The first-order valence-corrected chi connectivity index (χ1v) is 8.82. The van der Waals surface area contributed by atoms with Gasteiger partial charge in [-0.1, -0.05) is 33.1 Å². The summed E-state index contributed by atoms with van der Waals surface area (Å²) in [7, 11) is 0. The van der Waals surface area contributed by atoms with Crippen molar-refractivity contribution in [1.29, 1.82) is 0 Å². The van der Waals surface area contributed by atoms with E-state index >= 15 is 0 Å². The Bertz CT molecular complexity index is 239. The van der Waals surface area contributed by atoms with Gasteiger partial charge in [0.15, 0.2) is 0 Å². The number of nitrogens with one attached hydrogen (secondary N) is 1. The van der Waals surface area contributed by atoms with E-state index in [4.69, 9.17) is 0 Å². The lowest BCUT2D eigenvalue weighted by atomic mass is 9.78. The predicted octanol–water partition coefficient (Wildman–Crippen LogP) is 3.81. The summed E-state index contributed by atoms with van der Waals surface area (Å²) in [5, 5.41) is 3.77. The molecule has 0 amide bonds. The standard InChI is InChI=1S/C17H34N2/c1-3-8-16(18-12-4-2)14-19-13-7-10-15-9-5-6-11-17(15)19/h15-18H,3-14H2,1-2H3/t15-,16?,17-/m1/s1. The van der Waals surface area contributed by atoms with Crippen LogP contribution in [0.15, 0.2) is 0 Å². The van der Waals surface area contributed by atoms with E-state index in [9.17, 15) is 0 Å². The van der Waals surface area contributed by atoms with Crippen molar-refractivity contribution in [2.75, 3.05) is 19.6 Å². The van der Waals surface area contributed by atoms with E-state index in [1.54, 1.807) is 0 Å². The Hall–Kier alpha value is -0.0800. The quantitative estimate of drug-likeness (QED) is 0.754. The van der Waals surface area contributed by atoms with E-state index in [0.717, 1.165) is 18.0 Å². The van der Waals surface area contributed by atoms with Crippen LogP contribution in [-0.2, 0) is 0 Å². The molecule has 1 aliphatic heterocycles. The van der Waals surface area contributed by atoms with Crippen LogP contribution in [0.1, 0.15) is 71.6 Å². The van der Waals surface area contributed by atoms with Crippen LogP contribution >= 0.6 is 0 Å². The smallest absolute Gasteiger partial charge is 0.0195 e. The molecule has 2 fully saturated rings. The fraction of sp³-hybridized carbons (Fsp3) is 1.00. The second-order valence-electron chi connectivity index (χ2n) is 6.69. The first-order chi connectivity index (χ1) is 9.35. The lowest BCUT2D eigenvalue weighted by molar-refractivity contribution is 0.0520. The molecule has 1 saturated carbocycles. The molecule has 1 N–H and O–H groups in total. The third-order valence-electron chi connectivity index (χ3n) is 5.13. The maximum atomic E-state index is 3.77. The number of fused-ring (bicyclic) bond motifs is 1. The van der Waals surface area contributed by atoms with Crippen LogP contribution in [0.5, 0.6) is 0 Å². The molecule has 19 heavy (non-hydrogen) atoms. The molecule has 0 aromatic heterocycles. The van der Waals surface area contributed by atoms with E-state index in [-0.39, 0.29) is 0 Å². The molecule has 3 atom stereocenters. The summed E-state index contributed by atoms with van der Waals surface area (Å²) in [5.74, 6) is 1.02. The first-order valence-electron chi connectivity index (χ1n) is 8.82. The molecule has 1 saturated heterocycles. The minimum atomic E-state index is 0.727. The topological polar surface area (TPSA) is 15.3 Å². The van der Waals surface area contributed by atoms with Crippen molar-refractivity contribution >= 4 is 0 Å². The molecule has 0 spiro atoms. The fourth-order valence-corrected chi connectivity index (χ4v) is 4.19. The number of piperidine rings is 1. The zero-order valence-electron chi connectivity index (χ0n) is 13.2. The highest BCUT2D eigenvalue weighted by atomic mass is 15.2. The molecule has 2 aliphatic rings. The van der Waals surface area contributed by atoms with Gasteiger partial charge in [-0.2, -0.15) is 0 Å². The van der Waals surface area contributed by atoms with E-state index in [0.29, 0.717) is 0 Å². The van der Waals surface area contributed by atoms with E-state index < -0.39 is 0 Å². The van der Waals surface area contributed by atoms with Gasteiger partial charge in [0.1, 0.15) is 0 Å². The molecule has 2 heteroatoms. The van der Waals surface area contributed by atoms with E-state index in [1.807, 2.05) is 0 Å². The Morgan fingerprint density at radius 1 is 1.05 bits per heavy atom. The predicted molar refractivity (Wildman–Crippen MR) is 83.5 cm³/mol. The minimum Gasteiger partial charge on any atom is -0.313 e. The Morgan fingerprint density at radius 2 is 1.84 bits per heavy atom. The summed E-state index contributed by atoms with van der Waals surface area (Å²) in [5.41, 5.74) is 0. The average molecular weight is 266 g/mol. The third kappa shape index (κ3) is 4.46. The molecule has 1 unspecified atom stereocenters. The second-order valence-corrected chi connectivity index (χ2v) is 6.69. The monoisotopic (exact) mass is 266 g/mol. The van der Waals surface area contributed by atoms with Crippen LogP contribution in [0.4, 0.5) is 0 Å². The summed E-state index contributed by atoms with van der Waals surface area (Å²) in [6, 6.07) is 1.65. The molecular weight excluding hydrogens is 232 g/mol. The maximum absolute atomic E-state index is 3.77. The summed E-state index contributed by atoms with van der Waals surface area (Å²) in [6.07, 6.45) is 12.8. The van der Waals surface area contributed by atoms with Gasteiger partial charge < -0.3 is 5.32 Å². The molecule has 1 heterocycles. The second kappa shape index (κ2) is 8.26. The lowest BCUT2D eigenvalue weighted by Crippen LogP contribution is -2.51. The molecule has 0 aromatic rings. The highest BCUT2D eigenvalue weighted by molar-refractivity contribution is 4.89. The fourth-order valence-electron chi connectivity index (χ4n) is 4.19. The van der Waals surface area contributed by atoms with Crippen LogP contribution in [0.25, 0.3) is 0 Å². The molecule has 112 valence electrons. The summed E-state index contributed by atoms with van der Waals surface area (Å²) in [6.45, 7) is 8.44. The Balaban J connectivity index is 1.86. The molecule has 1 aliphatic carbocycles.